The van der Waals surface area contributed by atoms with E-state index in [0.717, 1.165) is 12.1 Å². The van der Waals surface area contributed by atoms with Gasteiger partial charge in [-0.3, -0.25) is 0 Å². The Bertz CT molecular complexity index is 326. The van der Waals surface area contributed by atoms with Crippen molar-refractivity contribution in [1.82, 2.24) is 0 Å². The number of halogens is 2. The lowest BCUT2D eigenvalue weighted by Gasteiger charge is -2.24. The molecule has 0 atom stereocenters. The minimum Gasteiger partial charge on any atom is -0.483 e. The standard InChI is InChI=1S/C10H13F2NO/c1-10(2,6-13)14-9-4-3-7(11)5-8(9)12/h3-5H,6,13H2,1-2H3. The van der Waals surface area contributed by atoms with E-state index in [1.54, 1.807) is 13.8 Å². The highest BCUT2D eigenvalue weighted by Gasteiger charge is 2.19. The van der Waals surface area contributed by atoms with Crippen molar-refractivity contribution < 1.29 is 13.5 Å². The Hall–Kier alpha value is -1.16. The molecule has 0 fully saturated rings. The Morgan fingerprint density at radius 3 is 2.50 bits per heavy atom. The highest BCUT2D eigenvalue weighted by molar-refractivity contribution is 5.25. The number of hydrogen-bond acceptors (Lipinski definition) is 2. The second kappa shape index (κ2) is 3.92. The van der Waals surface area contributed by atoms with Crippen LogP contribution in [0.4, 0.5) is 8.78 Å². The largest absolute Gasteiger partial charge is 0.483 e. The van der Waals surface area contributed by atoms with Crippen LogP contribution in [0.3, 0.4) is 0 Å². The predicted molar refractivity (Wildman–Crippen MR) is 50.1 cm³/mol. The Kier molecular flexibility index (Phi) is 3.06. The second-order valence-electron chi connectivity index (χ2n) is 3.64. The van der Waals surface area contributed by atoms with Crippen molar-refractivity contribution in [2.75, 3.05) is 6.54 Å². The lowest BCUT2D eigenvalue weighted by molar-refractivity contribution is 0.112. The smallest absolute Gasteiger partial charge is 0.168 e. The lowest BCUT2D eigenvalue weighted by Crippen LogP contribution is -2.37. The first-order valence-electron chi connectivity index (χ1n) is 4.29. The molecule has 0 saturated carbocycles. The molecule has 0 radical (unpaired) electrons. The number of benzene rings is 1. The van der Waals surface area contributed by atoms with Gasteiger partial charge in [-0.1, -0.05) is 0 Å². The van der Waals surface area contributed by atoms with Crippen molar-refractivity contribution in [1.29, 1.82) is 0 Å². The van der Waals surface area contributed by atoms with Crippen molar-refractivity contribution >= 4 is 0 Å². The Labute approximate surface area is 81.7 Å². The van der Waals surface area contributed by atoms with Gasteiger partial charge < -0.3 is 10.5 Å². The van der Waals surface area contributed by atoms with Crippen LogP contribution in [-0.4, -0.2) is 12.1 Å². The molecule has 0 aliphatic rings. The number of nitrogens with two attached hydrogens (primary N) is 1. The molecule has 0 amide bonds. The molecule has 0 aliphatic heterocycles. The highest BCUT2D eigenvalue weighted by Crippen LogP contribution is 2.22. The highest BCUT2D eigenvalue weighted by atomic mass is 19.1. The third-order valence-electron chi connectivity index (χ3n) is 1.77. The molecule has 0 bridgehead atoms. The number of hydrogen-bond donors (Lipinski definition) is 1. The molecular formula is C10H13F2NO. The van der Waals surface area contributed by atoms with Crippen molar-refractivity contribution in [3.63, 3.8) is 0 Å². The van der Waals surface area contributed by atoms with Crippen LogP contribution in [0.1, 0.15) is 13.8 Å². The van der Waals surface area contributed by atoms with Gasteiger partial charge in [0.1, 0.15) is 11.4 Å². The molecule has 14 heavy (non-hydrogen) atoms. The average molecular weight is 201 g/mol. The molecule has 0 spiro atoms. The Morgan fingerprint density at radius 1 is 1.36 bits per heavy atom. The van der Waals surface area contributed by atoms with Crippen LogP contribution in [0, 0.1) is 11.6 Å². The van der Waals surface area contributed by atoms with Gasteiger partial charge in [0.2, 0.25) is 0 Å². The van der Waals surface area contributed by atoms with E-state index in [-0.39, 0.29) is 12.3 Å². The molecule has 0 heterocycles. The third-order valence-corrected chi connectivity index (χ3v) is 1.77. The van der Waals surface area contributed by atoms with E-state index in [9.17, 15) is 8.78 Å². The Balaban J connectivity index is 2.87. The van der Waals surface area contributed by atoms with E-state index in [0.29, 0.717) is 0 Å². The molecule has 1 aromatic rings. The molecule has 78 valence electrons. The average Bonchev–Trinajstić information content (AvgIpc) is 2.10. The van der Waals surface area contributed by atoms with Crippen molar-refractivity contribution in [3.8, 4) is 5.75 Å². The fourth-order valence-corrected chi connectivity index (χ4v) is 0.897. The van der Waals surface area contributed by atoms with Crippen LogP contribution < -0.4 is 10.5 Å². The topological polar surface area (TPSA) is 35.2 Å². The quantitative estimate of drug-likeness (QED) is 0.812. The van der Waals surface area contributed by atoms with Crippen LogP contribution in [-0.2, 0) is 0 Å². The van der Waals surface area contributed by atoms with Gasteiger partial charge in [0.05, 0.1) is 0 Å². The first kappa shape index (κ1) is 10.9. The fourth-order valence-electron chi connectivity index (χ4n) is 0.897. The molecule has 2 nitrogen and oxygen atoms in total. The molecule has 0 aromatic heterocycles. The fraction of sp³-hybridized carbons (Fsp3) is 0.400. The number of ether oxygens (including phenoxy) is 1. The van der Waals surface area contributed by atoms with Gasteiger partial charge in [-0.15, -0.1) is 0 Å². The molecular weight excluding hydrogens is 188 g/mol. The minimum atomic E-state index is -0.716. The summed E-state index contributed by atoms with van der Waals surface area (Å²) < 4.78 is 30.9. The van der Waals surface area contributed by atoms with Crippen LogP contribution in [0.25, 0.3) is 0 Å². The maximum Gasteiger partial charge on any atom is 0.168 e. The Morgan fingerprint density at radius 2 is 2.00 bits per heavy atom. The minimum absolute atomic E-state index is 0.0156. The van der Waals surface area contributed by atoms with Gasteiger partial charge in [-0.05, 0) is 26.0 Å². The van der Waals surface area contributed by atoms with E-state index >= 15 is 0 Å². The summed E-state index contributed by atoms with van der Waals surface area (Å²) in [5.74, 6) is -1.33. The monoisotopic (exact) mass is 201 g/mol. The molecule has 0 unspecified atom stereocenters. The summed E-state index contributed by atoms with van der Waals surface area (Å²) in [6.45, 7) is 3.72. The maximum absolute atomic E-state index is 13.1. The zero-order valence-electron chi connectivity index (χ0n) is 8.18. The van der Waals surface area contributed by atoms with E-state index in [1.165, 1.54) is 6.07 Å². The molecule has 1 rings (SSSR count). The van der Waals surface area contributed by atoms with Crippen LogP contribution in [0.2, 0.25) is 0 Å². The number of rotatable bonds is 3. The maximum atomic E-state index is 13.1. The van der Waals surface area contributed by atoms with Gasteiger partial charge >= 0.3 is 0 Å². The van der Waals surface area contributed by atoms with Crippen LogP contribution in [0.5, 0.6) is 5.75 Å². The first-order valence-corrected chi connectivity index (χ1v) is 4.29. The van der Waals surface area contributed by atoms with Crippen LogP contribution >= 0.6 is 0 Å². The van der Waals surface area contributed by atoms with Crippen molar-refractivity contribution in [3.05, 3.63) is 29.8 Å². The van der Waals surface area contributed by atoms with E-state index in [4.69, 9.17) is 10.5 Å². The third kappa shape index (κ3) is 2.67. The molecule has 0 aliphatic carbocycles. The first-order chi connectivity index (χ1) is 6.44. The SMILES string of the molecule is CC(C)(CN)Oc1ccc(F)cc1F. The summed E-state index contributed by atoms with van der Waals surface area (Å²) in [7, 11) is 0. The predicted octanol–water partition coefficient (Wildman–Crippen LogP) is 2.08. The van der Waals surface area contributed by atoms with Gasteiger partial charge in [0.25, 0.3) is 0 Å². The summed E-state index contributed by atoms with van der Waals surface area (Å²) in [6.07, 6.45) is 0. The van der Waals surface area contributed by atoms with Crippen LogP contribution in [0.15, 0.2) is 18.2 Å². The molecule has 2 N–H and O–H groups in total. The summed E-state index contributed by atoms with van der Waals surface area (Å²) in [5, 5.41) is 0. The van der Waals surface area contributed by atoms with E-state index < -0.39 is 17.2 Å². The summed E-state index contributed by atoms with van der Waals surface area (Å²) in [5.41, 5.74) is 4.76. The zero-order chi connectivity index (χ0) is 10.8. The van der Waals surface area contributed by atoms with E-state index in [2.05, 4.69) is 0 Å². The zero-order valence-corrected chi connectivity index (χ0v) is 8.18. The van der Waals surface area contributed by atoms with Gasteiger partial charge in [-0.2, -0.15) is 0 Å². The van der Waals surface area contributed by atoms with Gasteiger partial charge in [-0.25, -0.2) is 8.78 Å². The lowest BCUT2D eigenvalue weighted by atomic mass is 10.1. The molecule has 0 saturated heterocycles. The molecule has 1 aromatic carbocycles. The van der Waals surface area contributed by atoms with Gasteiger partial charge in [0, 0.05) is 12.6 Å². The summed E-state index contributed by atoms with van der Waals surface area (Å²) in [6, 6.07) is 3.18. The summed E-state index contributed by atoms with van der Waals surface area (Å²) in [4.78, 5) is 0. The second-order valence-corrected chi connectivity index (χ2v) is 3.64. The van der Waals surface area contributed by atoms with Gasteiger partial charge in [0.15, 0.2) is 11.6 Å². The molecule has 4 heteroatoms. The van der Waals surface area contributed by atoms with E-state index in [1.807, 2.05) is 0 Å². The van der Waals surface area contributed by atoms with Crippen molar-refractivity contribution in [2.45, 2.75) is 19.4 Å². The summed E-state index contributed by atoms with van der Waals surface area (Å²) >= 11 is 0. The normalized spacial score (nSPS) is 11.5. The van der Waals surface area contributed by atoms with Crippen molar-refractivity contribution in [2.24, 2.45) is 5.73 Å².